The molecule has 0 aliphatic carbocycles. The van der Waals surface area contributed by atoms with Crippen molar-refractivity contribution in [3.63, 3.8) is 0 Å². The molecule has 478 valence electrons. The van der Waals surface area contributed by atoms with Gasteiger partial charge in [0.05, 0.1) is 0 Å². The Morgan fingerprint density at radius 3 is 0.795 bits per heavy atom. The fourth-order valence-corrected chi connectivity index (χ4v) is 10.3. The number of carbonyl (C=O) groups is 3. The van der Waals surface area contributed by atoms with Crippen LogP contribution in [-0.4, -0.2) is 37.2 Å². The zero-order valence-corrected chi connectivity index (χ0v) is 54.9. The molecule has 83 heavy (non-hydrogen) atoms. The zero-order chi connectivity index (χ0) is 59.9. The maximum Gasteiger partial charge on any atom is 0.306 e. The number of carbonyl (C=O) groups excluding carboxylic acids is 3. The minimum absolute atomic E-state index is 0.108. The molecule has 0 spiro atoms. The standard InChI is InChI=1S/C77H134O6/c1-4-7-10-13-16-19-22-25-28-31-34-35-36-37-38-39-40-41-42-44-46-49-52-55-58-61-64-67-70-76(79)82-73-74(72-81-75(78)69-66-63-60-57-54-51-48-45-33-30-27-24-21-18-15-12-9-6-3)83-77(80)71-68-65-62-59-56-53-50-47-43-32-29-26-23-20-17-14-11-8-5-2/h8,11,17,20-21,24,26,29-30,33,43,47,53,56,62,65,74H,4-7,9-10,12-16,18-19,22-23,25,27-28,31-32,34-42,44-46,48-52,54-55,57-61,63-64,66-73H2,1-3H3/b11-8-,20-17-,24-21-,29-26-,33-30-,47-43-,56-53-,65-62-. The lowest BCUT2D eigenvalue weighted by molar-refractivity contribution is -0.166. The lowest BCUT2D eigenvalue weighted by atomic mass is 10.0. The number of rotatable bonds is 65. The normalized spacial score (nSPS) is 12.7. The highest BCUT2D eigenvalue weighted by molar-refractivity contribution is 5.71. The summed E-state index contributed by atoms with van der Waals surface area (Å²) in [6, 6.07) is 0. The molecule has 0 saturated heterocycles. The summed E-state index contributed by atoms with van der Waals surface area (Å²) in [4.78, 5) is 38.4. The van der Waals surface area contributed by atoms with Gasteiger partial charge in [0.2, 0.25) is 0 Å². The van der Waals surface area contributed by atoms with E-state index in [1.807, 2.05) is 6.08 Å². The van der Waals surface area contributed by atoms with Crippen molar-refractivity contribution in [2.75, 3.05) is 13.2 Å². The summed E-state index contributed by atoms with van der Waals surface area (Å²) in [5, 5.41) is 0. The smallest absolute Gasteiger partial charge is 0.306 e. The second kappa shape index (κ2) is 70.8. The van der Waals surface area contributed by atoms with Crippen LogP contribution in [0.5, 0.6) is 0 Å². The molecule has 0 aromatic rings. The molecule has 0 rings (SSSR count). The molecule has 0 bridgehead atoms. The fourth-order valence-electron chi connectivity index (χ4n) is 10.3. The first-order chi connectivity index (χ1) is 41.0. The Morgan fingerprint density at radius 1 is 0.253 bits per heavy atom. The van der Waals surface area contributed by atoms with Crippen molar-refractivity contribution < 1.29 is 28.6 Å². The summed E-state index contributed by atoms with van der Waals surface area (Å²) in [7, 11) is 0. The molecule has 0 aliphatic rings. The quantitative estimate of drug-likeness (QED) is 0.0261. The van der Waals surface area contributed by atoms with Crippen molar-refractivity contribution in [1.82, 2.24) is 0 Å². The summed E-state index contributed by atoms with van der Waals surface area (Å²) in [6.07, 6.45) is 96.0. The van der Waals surface area contributed by atoms with Crippen LogP contribution in [-0.2, 0) is 28.6 Å². The summed E-state index contributed by atoms with van der Waals surface area (Å²) in [6.45, 7) is 6.49. The maximum atomic E-state index is 12.9. The van der Waals surface area contributed by atoms with Crippen LogP contribution in [0, 0.1) is 0 Å². The van der Waals surface area contributed by atoms with E-state index in [2.05, 4.69) is 112 Å². The summed E-state index contributed by atoms with van der Waals surface area (Å²) in [5.74, 6) is -0.985. The topological polar surface area (TPSA) is 78.9 Å². The molecule has 0 heterocycles. The van der Waals surface area contributed by atoms with Crippen molar-refractivity contribution >= 4 is 17.9 Å². The monoisotopic (exact) mass is 1160 g/mol. The van der Waals surface area contributed by atoms with Gasteiger partial charge in [0.25, 0.3) is 0 Å². The number of allylic oxidation sites excluding steroid dienone is 16. The highest BCUT2D eigenvalue weighted by Crippen LogP contribution is 2.18. The molecule has 6 nitrogen and oxygen atoms in total. The van der Waals surface area contributed by atoms with E-state index < -0.39 is 6.10 Å². The van der Waals surface area contributed by atoms with Gasteiger partial charge in [-0.25, -0.2) is 0 Å². The van der Waals surface area contributed by atoms with Crippen molar-refractivity contribution in [1.29, 1.82) is 0 Å². The van der Waals surface area contributed by atoms with Crippen LogP contribution in [0.1, 0.15) is 355 Å². The second-order valence-electron chi connectivity index (χ2n) is 23.8. The Kier molecular flexibility index (Phi) is 67.7. The predicted octanol–water partition coefficient (Wildman–Crippen LogP) is 24.8. The van der Waals surface area contributed by atoms with Crippen molar-refractivity contribution in [2.24, 2.45) is 0 Å². The molecule has 0 aliphatic heterocycles. The van der Waals surface area contributed by atoms with Gasteiger partial charge < -0.3 is 14.2 Å². The first kappa shape index (κ1) is 79.3. The van der Waals surface area contributed by atoms with E-state index in [1.54, 1.807) is 0 Å². The Labute approximate surface area is 515 Å². The first-order valence-corrected chi connectivity index (χ1v) is 35.7. The fraction of sp³-hybridized carbons (Fsp3) is 0.753. The molecule has 0 amide bonds. The number of esters is 3. The molecule has 6 heteroatoms. The van der Waals surface area contributed by atoms with E-state index in [0.717, 1.165) is 89.9 Å². The van der Waals surface area contributed by atoms with Crippen molar-refractivity contribution in [3.05, 3.63) is 97.2 Å². The molecule has 1 unspecified atom stereocenters. The number of hydrogen-bond acceptors (Lipinski definition) is 6. The third-order valence-corrected chi connectivity index (χ3v) is 15.6. The second-order valence-corrected chi connectivity index (χ2v) is 23.8. The van der Waals surface area contributed by atoms with Crippen LogP contribution in [0.3, 0.4) is 0 Å². The molecule has 1 atom stereocenters. The van der Waals surface area contributed by atoms with Gasteiger partial charge >= 0.3 is 17.9 Å². The molecule has 0 aromatic carbocycles. The van der Waals surface area contributed by atoms with Crippen molar-refractivity contribution in [3.8, 4) is 0 Å². The van der Waals surface area contributed by atoms with Gasteiger partial charge in [-0.15, -0.1) is 0 Å². The number of unbranched alkanes of at least 4 members (excludes halogenated alkanes) is 38. The van der Waals surface area contributed by atoms with Crippen LogP contribution < -0.4 is 0 Å². The molecule has 0 fully saturated rings. The molecular formula is C77H134O6. The van der Waals surface area contributed by atoms with E-state index in [0.29, 0.717) is 19.3 Å². The van der Waals surface area contributed by atoms with Gasteiger partial charge in [0.1, 0.15) is 13.2 Å². The first-order valence-electron chi connectivity index (χ1n) is 35.7. The zero-order valence-electron chi connectivity index (χ0n) is 54.9. The van der Waals surface area contributed by atoms with Gasteiger partial charge in [-0.2, -0.15) is 0 Å². The van der Waals surface area contributed by atoms with Crippen LogP contribution >= 0.6 is 0 Å². The summed E-state index contributed by atoms with van der Waals surface area (Å²) >= 11 is 0. The minimum Gasteiger partial charge on any atom is -0.462 e. The highest BCUT2D eigenvalue weighted by Gasteiger charge is 2.19. The van der Waals surface area contributed by atoms with E-state index in [9.17, 15) is 14.4 Å². The van der Waals surface area contributed by atoms with Gasteiger partial charge in [-0.1, -0.05) is 343 Å². The Balaban J connectivity index is 4.36. The number of ether oxygens (including phenoxy) is 3. The Hall–Kier alpha value is -3.67. The third kappa shape index (κ3) is 69.0. The largest absolute Gasteiger partial charge is 0.462 e. The molecule has 0 radical (unpaired) electrons. The lowest BCUT2D eigenvalue weighted by Gasteiger charge is -2.18. The summed E-state index contributed by atoms with van der Waals surface area (Å²) < 4.78 is 16.9. The predicted molar refractivity (Wildman–Crippen MR) is 362 cm³/mol. The SMILES string of the molecule is CC/C=C\C/C=C\C/C=C\C/C=C\C/C=C\C/C=C\CCC(=O)OC(COC(=O)CCCCCCCCC/C=C\C/C=C\CCCCCC)COC(=O)CCCCCCCCCCCCCCCCCCCCCCCCCCCCCC. The Bertz CT molecular complexity index is 1610. The van der Waals surface area contributed by atoms with E-state index in [-0.39, 0.29) is 37.5 Å². The number of hydrogen-bond donors (Lipinski definition) is 0. The molecular weight excluding hydrogens is 1020 g/mol. The lowest BCUT2D eigenvalue weighted by Crippen LogP contribution is -2.30. The Morgan fingerprint density at radius 2 is 0.494 bits per heavy atom. The van der Waals surface area contributed by atoms with Crippen LogP contribution in [0.25, 0.3) is 0 Å². The molecule has 0 aromatic heterocycles. The molecule has 0 N–H and O–H groups in total. The minimum atomic E-state index is -0.823. The maximum absolute atomic E-state index is 12.9. The third-order valence-electron chi connectivity index (χ3n) is 15.6. The van der Waals surface area contributed by atoms with Crippen molar-refractivity contribution in [2.45, 2.75) is 361 Å². The van der Waals surface area contributed by atoms with Gasteiger partial charge in [0.15, 0.2) is 6.10 Å². The van der Waals surface area contributed by atoms with E-state index in [1.165, 1.54) is 218 Å². The van der Waals surface area contributed by atoms with Crippen LogP contribution in [0.4, 0.5) is 0 Å². The van der Waals surface area contributed by atoms with Gasteiger partial charge in [0, 0.05) is 19.3 Å². The summed E-state index contributed by atoms with van der Waals surface area (Å²) in [5.41, 5.74) is 0. The average Bonchev–Trinajstić information content (AvgIpc) is 3.50. The van der Waals surface area contributed by atoms with Gasteiger partial charge in [-0.3, -0.25) is 14.4 Å². The van der Waals surface area contributed by atoms with E-state index >= 15 is 0 Å². The van der Waals surface area contributed by atoms with Gasteiger partial charge in [-0.05, 0) is 89.9 Å². The highest BCUT2D eigenvalue weighted by atomic mass is 16.6. The van der Waals surface area contributed by atoms with E-state index in [4.69, 9.17) is 14.2 Å². The van der Waals surface area contributed by atoms with Crippen LogP contribution in [0.15, 0.2) is 97.2 Å². The average molecular weight is 1160 g/mol. The van der Waals surface area contributed by atoms with Crippen LogP contribution in [0.2, 0.25) is 0 Å². The molecule has 0 saturated carbocycles.